The molecule has 4 nitrogen and oxygen atoms in total. The standard InChI is InChI=1S/C14H19NO3/c1-18-13-5-3-2-4-12(13)6-7-14(17)15-8-11(9-15)10-16/h2-5,11,16H,6-10H2,1H3. The van der Waals surface area contributed by atoms with E-state index < -0.39 is 0 Å². The molecule has 1 fully saturated rings. The fourth-order valence-electron chi connectivity index (χ4n) is 2.20. The molecule has 1 saturated heterocycles. The second kappa shape index (κ2) is 5.87. The van der Waals surface area contributed by atoms with Crippen LogP contribution in [-0.4, -0.2) is 42.7 Å². The highest BCUT2D eigenvalue weighted by molar-refractivity contribution is 5.77. The summed E-state index contributed by atoms with van der Waals surface area (Å²) in [4.78, 5) is 13.7. The van der Waals surface area contributed by atoms with Crippen LogP contribution in [0.5, 0.6) is 5.75 Å². The van der Waals surface area contributed by atoms with Crippen molar-refractivity contribution in [1.29, 1.82) is 0 Å². The number of likely N-dealkylation sites (tertiary alicyclic amines) is 1. The third-order valence-electron chi connectivity index (χ3n) is 3.37. The predicted octanol–water partition coefficient (Wildman–Crippen LogP) is 1.08. The molecule has 0 saturated carbocycles. The first-order chi connectivity index (χ1) is 8.74. The minimum atomic E-state index is 0.158. The monoisotopic (exact) mass is 249 g/mol. The zero-order valence-corrected chi connectivity index (χ0v) is 10.6. The predicted molar refractivity (Wildman–Crippen MR) is 68.5 cm³/mol. The maximum absolute atomic E-state index is 11.9. The number of para-hydroxylation sites is 1. The molecule has 0 aromatic heterocycles. The number of hydrogen-bond donors (Lipinski definition) is 1. The second-order valence-electron chi connectivity index (χ2n) is 4.66. The number of nitrogens with zero attached hydrogens (tertiary/aromatic N) is 1. The minimum Gasteiger partial charge on any atom is -0.496 e. The Bertz CT molecular complexity index is 413. The second-order valence-corrected chi connectivity index (χ2v) is 4.66. The number of methoxy groups -OCH3 is 1. The molecule has 98 valence electrons. The van der Waals surface area contributed by atoms with Crippen LogP contribution < -0.4 is 4.74 Å². The number of ether oxygens (including phenoxy) is 1. The van der Waals surface area contributed by atoms with E-state index in [1.807, 2.05) is 24.3 Å². The van der Waals surface area contributed by atoms with Gasteiger partial charge in [-0.15, -0.1) is 0 Å². The molecule has 4 heteroatoms. The number of hydrogen-bond acceptors (Lipinski definition) is 3. The number of aliphatic hydroxyl groups excluding tert-OH is 1. The maximum atomic E-state index is 11.9. The van der Waals surface area contributed by atoms with Gasteiger partial charge >= 0.3 is 0 Å². The molecule has 1 amide bonds. The van der Waals surface area contributed by atoms with E-state index in [0.717, 1.165) is 11.3 Å². The summed E-state index contributed by atoms with van der Waals surface area (Å²) in [5.74, 6) is 1.27. The van der Waals surface area contributed by atoms with Crippen molar-refractivity contribution in [3.8, 4) is 5.75 Å². The van der Waals surface area contributed by atoms with Gasteiger partial charge in [0.1, 0.15) is 5.75 Å². The van der Waals surface area contributed by atoms with Crippen LogP contribution in [0.3, 0.4) is 0 Å². The normalized spacial score (nSPS) is 15.3. The molecule has 18 heavy (non-hydrogen) atoms. The van der Waals surface area contributed by atoms with Crippen molar-refractivity contribution >= 4 is 5.91 Å². The number of amides is 1. The van der Waals surface area contributed by atoms with E-state index in [9.17, 15) is 4.79 Å². The molecule has 1 aromatic carbocycles. The van der Waals surface area contributed by atoms with Crippen molar-refractivity contribution in [2.24, 2.45) is 5.92 Å². The quantitative estimate of drug-likeness (QED) is 0.849. The van der Waals surface area contributed by atoms with Crippen molar-refractivity contribution in [2.75, 3.05) is 26.8 Å². The molecule has 0 bridgehead atoms. The number of aliphatic hydroxyl groups is 1. The van der Waals surface area contributed by atoms with Crippen LogP contribution in [0.4, 0.5) is 0 Å². The Labute approximate surface area is 107 Å². The fourth-order valence-corrected chi connectivity index (χ4v) is 2.20. The van der Waals surface area contributed by atoms with Crippen molar-refractivity contribution in [2.45, 2.75) is 12.8 Å². The summed E-state index contributed by atoms with van der Waals surface area (Å²) in [7, 11) is 1.64. The first kappa shape index (κ1) is 12.9. The van der Waals surface area contributed by atoms with Gasteiger partial charge in [0.2, 0.25) is 5.91 Å². The average Bonchev–Trinajstić information content (AvgIpc) is 2.35. The van der Waals surface area contributed by atoms with Gasteiger partial charge < -0.3 is 14.7 Å². The summed E-state index contributed by atoms with van der Waals surface area (Å²) in [5.41, 5.74) is 1.06. The van der Waals surface area contributed by atoms with Crippen LogP contribution in [0.2, 0.25) is 0 Å². The van der Waals surface area contributed by atoms with Crippen LogP contribution in [0.15, 0.2) is 24.3 Å². The zero-order valence-electron chi connectivity index (χ0n) is 10.6. The average molecular weight is 249 g/mol. The Hall–Kier alpha value is -1.55. The molecule has 0 spiro atoms. The van der Waals surface area contributed by atoms with E-state index in [2.05, 4.69) is 0 Å². The first-order valence-electron chi connectivity index (χ1n) is 6.25. The summed E-state index contributed by atoms with van der Waals surface area (Å²) < 4.78 is 5.25. The molecule has 1 aliphatic heterocycles. The Kier molecular flexibility index (Phi) is 4.20. The van der Waals surface area contributed by atoms with Gasteiger partial charge in [0.15, 0.2) is 0 Å². The Morgan fingerprint density at radius 2 is 2.17 bits per heavy atom. The molecule has 0 atom stereocenters. The van der Waals surface area contributed by atoms with Gasteiger partial charge in [-0.3, -0.25) is 4.79 Å². The van der Waals surface area contributed by atoms with E-state index in [4.69, 9.17) is 9.84 Å². The lowest BCUT2D eigenvalue weighted by Gasteiger charge is -2.38. The van der Waals surface area contributed by atoms with Gasteiger partial charge in [-0.25, -0.2) is 0 Å². The Morgan fingerprint density at radius 1 is 1.44 bits per heavy atom. The van der Waals surface area contributed by atoms with Gasteiger partial charge in [0.25, 0.3) is 0 Å². The molecule has 0 unspecified atom stereocenters. The highest BCUT2D eigenvalue weighted by atomic mass is 16.5. The van der Waals surface area contributed by atoms with E-state index in [1.54, 1.807) is 12.0 Å². The number of rotatable bonds is 5. The molecule has 1 N–H and O–H groups in total. The molecular formula is C14H19NO3. The molecule has 1 aromatic rings. The van der Waals surface area contributed by atoms with E-state index in [-0.39, 0.29) is 18.4 Å². The van der Waals surface area contributed by atoms with Gasteiger partial charge in [-0.2, -0.15) is 0 Å². The largest absolute Gasteiger partial charge is 0.496 e. The summed E-state index contributed by atoms with van der Waals surface area (Å²) in [6.07, 6.45) is 1.20. The Balaban J connectivity index is 1.83. The van der Waals surface area contributed by atoms with Crippen molar-refractivity contribution in [1.82, 2.24) is 4.90 Å². The number of benzene rings is 1. The number of carbonyl (C=O) groups excluding carboxylic acids is 1. The molecule has 0 radical (unpaired) electrons. The lowest BCUT2D eigenvalue weighted by atomic mass is 10.00. The molecule has 1 aliphatic rings. The maximum Gasteiger partial charge on any atom is 0.222 e. The smallest absolute Gasteiger partial charge is 0.222 e. The zero-order chi connectivity index (χ0) is 13.0. The highest BCUT2D eigenvalue weighted by Gasteiger charge is 2.29. The minimum absolute atomic E-state index is 0.158. The van der Waals surface area contributed by atoms with E-state index in [1.165, 1.54) is 0 Å². The molecule has 1 heterocycles. The van der Waals surface area contributed by atoms with Crippen LogP contribution in [0.1, 0.15) is 12.0 Å². The third-order valence-corrected chi connectivity index (χ3v) is 3.37. The summed E-state index contributed by atoms with van der Waals surface area (Å²) in [5, 5.41) is 8.91. The van der Waals surface area contributed by atoms with Crippen LogP contribution in [0, 0.1) is 5.92 Å². The Morgan fingerprint density at radius 3 is 2.83 bits per heavy atom. The van der Waals surface area contributed by atoms with Gasteiger partial charge in [0.05, 0.1) is 7.11 Å². The SMILES string of the molecule is COc1ccccc1CCC(=O)N1CC(CO)C1. The van der Waals surface area contributed by atoms with Gasteiger partial charge in [-0.05, 0) is 18.1 Å². The number of aryl methyl sites for hydroxylation is 1. The first-order valence-corrected chi connectivity index (χ1v) is 6.25. The summed E-state index contributed by atoms with van der Waals surface area (Å²) >= 11 is 0. The van der Waals surface area contributed by atoms with Crippen molar-refractivity contribution < 1.29 is 14.6 Å². The topological polar surface area (TPSA) is 49.8 Å². The van der Waals surface area contributed by atoms with Gasteiger partial charge in [0, 0.05) is 32.0 Å². The van der Waals surface area contributed by atoms with Crippen molar-refractivity contribution in [3.05, 3.63) is 29.8 Å². The molecule has 2 rings (SSSR count). The highest BCUT2D eigenvalue weighted by Crippen LogP contribution is 2.21. The lowest BCUT2D eigenvalue weighted by molar-refractivity contribution is -0.138. The number of carbonyl (C=O) groups is 1. The third kappa shape index (κ3) is 2.82. The molecule has 0 aliphatic carbocycles. The summed E-state index contributed by atoms with van der Waals surface area (Å²) in [6, 6.07) is 7.77. The van der Waals surface area contributed by atoms with Crippen molar-refractivity contribution in [3.63, 3.8) is 0 Å². The summed E-state index contributed by atoms with van der Waals surface area (Å²) in [6.45, 7) is 1.57. The van der Waals surface area contributed by atoms with Crippen LogP contribution in [0.25, 0.3) is 0 Å². The van der Waals surface area contributed by atoms with Gasteiger partial charge in [-0.1, -0.05) is 18.2 Å². The van der Waals surface area contributed by atoms with Crippen LogP contribution >= 0.6 is 0 Å². The van der Waals surface area contributed by atoms with Crippen LogP contribution in [-0.2, 0) is 11.2 Å². The van der Waals surface area contributed by atoms with E-state index >= 15 is 0 Å². The fraction of sp³-hybridized carbons (Fsp3) is 0.500. The van der Waals surface area contributed by atoms with E-state index in [0.29, 0.717) is 25.9 Å². The molecular weight excluding hydrogens is 230 g/mol. The lowest BCUT2D eigenvalue weighted by Crippen LogP contribution is -2.51.